The van der Waals surface area contributed by atoms with Crippen molar-refractivity contribution in [2.45, 2.75) is 49.9 Å². The average Bonchev–Trinajstić information content (AvgIpc) is 2.74. The second-order valence-corrected chi connectivity index (χ2v) is 6.10. The molecule has 0 radical (unpaired) electrons. The van der Waals surface area contributed by atoms with Gasteiger partial charge in [-0.1, -0.05) is 19.3 Å². The summed E-state index contributed by atoms with van der Waals surface area (Å²) in [7, 11) is 0. The summed E-state index contributed by atoms with van der Waals surface area (Å²) in [5.41, 5.74) is 7.78. The third kappa shape index (κ3) is 1.68. The number of nitrogens with zero attached hydrogens (tertiary/aromatic N) is 2. The molecule has 0 spiro atoms. The van der Waals surface area contributed by atoms with Crippen molar-refractivity contribution in [1.29, 1.82) is 0 Å². The number of fused-ring (bicyclic) bond motifs is 1. The second kappa shape index (κ2) is 4.08. The molecule has 0 amide bonds. The van der Waals surface area contributed by atoms with Gasteiger partial charge in [-0.15, -0.1) is 0 Å². The summed E-state index contributed by atoms with van der Waals surface area (Å²) in [6, 6.07) is 0. The highest BCUT2D eigenvalue weighted by atomic mass is 32.2. The minimum Gasteiger partial charge on any atom is -0.329 e. The maximum absolute atomic E-state index is 6.56. The third-order valence-electron chi connectivity index (χ3n) is 3.84. The van der Waals surface area contributed by atoms with Crippen LogP contribution in [0.4, 0.5) is 0 Å². The van der Waals surface area contributed by atoms with Gasteiger partial charge in [0.1, 0.15) is 5.82 Å². The van der Waals surface area contributed by atoms with Crippen LogP contribution < -0.4 is 5.73 Å². The molecule has 1 aliphatic carbocycles. The zero-order chi connectivity index (χ0) is 11.0. The van der Waals surface area contributed by atoms with Gasteiger partial charge in [0.25, 0.3) is 0 Å². The van der Waals surface area contributed by atoms with Crippen LogP contribution in [0.2, 0.25) is 0 Å². The summed E-state index contributed by atoms with van der Waals surface area (Å²) in [5.74, 6) is 3.46. The van der Waals surface area contributed by atoms with Crippen molar-refractivity contribution in [3.05, 3.63) is 17.7 Å². The lowest BCUT2D eigenvalue weighted by Gasteiger charge is -2.34. The number of hydrogen-bond acceptors (Lipinski definition) is 3. The number of nitrogens with two attached hydrogens (primary N) is 1. The molecule has 3 rings (SSSR count). The van der Waals surface area contributed by atoms with Crippen molar-refractivity contribution in [2.75, 3.05) is 5.75 Å². The molecule has 1 aliphatic heterocycles. The van der Waals surface area contributed by atoms with E-state index in [0.717, 1.165) is 31.0 Å². The quantitative estimate of drug-likeness (QED) is 0.814. The van der Waals surface area contributed by atoms with Gasteiger partial charge < -0.3 is 10.3 Å². The SMILES string of the molecule is NC1(c2ncc3n2CCSC3)CCCCC1. The molecule has 2 aliphatic rings. The molecule has 1 fully saturated rings. The van der Waals surface area contributed by atoms with E-state index in [1.165, 1.54) is 30.7 Å². The zero-order valence-corrected chi connectivity index (χ0v) is 10.4. The summed E-state index contributed by atoms with van der Waals surface area (Å²) in [6.45, 7) is 1.09. The molecule has 16 heavy (non-hydrogen) atoms. The Balaban J connectivity index is 1.95. The summed E-state index contributed by atoms with van der Waals surface area (Å²) >= 11 is 1.99. The standard InChI is InChI=1S/C12H19N3S/c13-12(4-2-1-3-5-12)11-14-8-10-9-16-7-6-15(10)11/h8H,1-7,9,13H2. The van der Waals surface area contributed by atoms with Crippen molar-refractivity contribution in [2.24, 2.45) is 5.73 Å². The van der Waals surface area contributed by atoms with Crippen LogP contribution in [0.5, 0.6) is 0 Å². The molecule has 1 aromatic heterocycles. The van der Waals surface area contributed by atoms with Crippen molar-refractivity contribution in [1.82, 2.24) is 9.55 Å². The lowest BCUT2D eigenvalue weighted by atomic mass is 9.82. The lowest BCUT2D eigenvalue weighted by Crippen LogP contribution is -2.41. The molecule has 0 unspecified atom stereocenters. The molecule has 4 heteroatoms. The van der Waals surface area contributed by atoms with E-state index in [1.807, 2.05) is 18.0 Å². The molecule has 1 saturated carbocycles. The largest absolute Gasteiger partial charge is 0.329 e. The van der Waals surface area contributed by atoms with Crippen molar-refractivity contribution in [3.63, 3.8) is 0 Å². The third-order valence-corrected chi connectivity index (χ3v) is 4.81. The molecule has 1 aromatic rings. The number of thioether (sulfide) groups is 1. The van der Waals surface area contributed by atoms with E-state index in [-0.39, 0.29) is 5.54 Å². The van der Waals surface area contributed by atoms with Crippen LogP contribution in [0.15, 0.2) is 6.20 Å². The van der Waals surface area contributed by atoms with Crippen LogP contribution in [0.1, 0.15) is 43.6 Å². The Morgan fingerprint density at radius 1 is 1.31 bits per heavy atom. The number of hydrogen-bond donors (Lipinski definition) is 1. The van der Waals surface area contributed by atoms with Gasteiger partial charge in [0, 0.05) is 29.9 Å². The smallest absolute Gasteiger partial charge is 0.129 e. The molecule has 0 atom stereocenters. The van der Waals surface area contributed by atoms with E-state index in [9.17, 15) is 0 Å². The fourth-order valence-electron chi connectivity index (χ4n) is 2.91. The first-order chi connectivity index (χ1) is 7.80. The molecule has 0 bridgehead atoms. The fourth-order valence-corrected chi connectivity index (χ4v) is 3.81. The van der Waals surface area contributed by atoms with Crippen LogP contribution in [0, 0.1) is 0 Å². The molecular formula is C12H19N3S. The van der Waals surface area contributed by atoms with Crippen molar-refractivity contribution in [3.8, 4) is 0 Å². The second-order valence-electron chi connectivity index (χ2n) is 4.99. The molecule has 2 heterocycles. The maximum atomic E-state index is 6.56. The van der Waals surface area contributed by atoms with Crippen LogP contribution in [-0.4, -0.2) is 15.3 Å². The molecule has 0 saturated heterocycles. The van der Waals surface area contributed by atoms with Gasteiger partial charge in [-0.3, -0.25) is 0 Å². The van der Waals surface area contributed by atoms with Crippen LogP contribution in [-0.2, 0) is 17.8 Å². The molecule has 3 nitrogen and oxygen atoms in total. The predicted octanol–water partition coefficient (Wildman–Crippen LogP) is 2.25. The van der Waals surface area contributed by atoms with Crippen molar-refractivity contribution >= 4 is 11.8 Å². The van der Waals surface area contributed by atoms with E-state index in [1.54, 1.807) is 0 Å². The average molecular weight is 237 g/mol. The lowest BCUT2D eigenvalue weighted by molar-refractivity contribution is 0.278. The van der Waals surface area contributed by atoms with Gasteiger partial charge in [-0.2, -0.15) is 11.8 Å². The summed E-state index contributed by atoms with van der Waals surface area (Å²) in [4.78, 5) is 4.62. The van der Waals surface area contributed by atoms with E-state index in [0.29, 0.717) is 0 Å². The van der Waals surface area contributed by atoms with E-state index < -0.39 is 0 Å². The van der Waals surface area contributed by atoms with Gasteiger partial charge in [0.15, 0.2) is 0 Å². The minimum atomic E-state index is -0.140. The summed E-state index contributed by atoms with van der Waals surface area (Å²) in [6.07, 6.45) is 8.10. The van der Waals surface area contributed by atoms with Gasteiger partial charge >= 0.3 is 0 Å². The molecule has 88 valence electrons. The Morgan fingerprint density at radius 2 is 2.12 bits per heavy atom. The highest BCUT2D eigenvalue weighted by Gasteiger charge is 2.34. The molecule has 2 N–H and O–H groups in total. The monoisotopic (exact) mass is 237 g/mol. The van der Waals surface area contributed by atoms with Crippen molar-refractivity contribution < 1.29 is 0 Å². The first kappa shape index (κ1) is 10.7. The number of aromatic nitrogens is 2. The summed E-state index contributed by atoms with van der Waals surface area (Å²) in [5, 5.41) is 0. The fraction of sp³-hybridized carbons (Fsp3) is 0.750. The number of imidazole rings is 1. The van der Waals surface area contributed by atoms with E-state index >= 15 is 0 Å². The summed E-state index contributed by atoms with van der Waals surface area (Å²) < 4.78 is 2.38. The Morgan fingerprint density at radius 3 is 2.94 bits per heavy atom. The normalized spacial score (nSPS) is 24.1. The van der Waals surface area contributed by atoms with Crippen LogP contribution >= 0.6 is 11.8 Å². The minimum absolute atomic E-state index is 0.140. The highest BCUT2D eigenvalue weighted by Crippen LogP contribution is 2.35. The van der Waals surface area contributed by atoms with E-state index in [2.05, 4.69) is 9.55 Å². The Bertz CT molecular complexity index is 380. The van der Waals surface area contributed by atoms with Gasteiger partial charge in [-0.05, 0) is 12.8 Å². The first-order valence-corrected chi connectivity index (χ1v) is 7.37. The van der Waals surface area contributed by atoms with E-state index in [4.69, 9.17) is 5.73 Å². The highest BCUT2D eigenvalue weighted by molar-refractivity contribution is 7.98. The Labute approximate surface area is 101 Å². The van der Waals surface area contributed by atoms with Gasteiger partial charge in [0.05, 0.1) is 5.54 Å². The van der Waals surface area contributed by atoms with Gasteiger partial charge in [0.2, 0.25) is 0 Å². The molecule has 0 aromatic carbocycles. The van der Waals surface area contributed by atoms with Crippen LogP contribution in [0.3, 0.4) is 0 Å². The zero-order valence-electron chi connectivity index (χ0n) is 9.61. The Kier molecular flexibility index (Phi) is 2.72. The first-order valence-electron chi connectivity index (χ1n) is 6.21. The van der Waals surface area contributed by atoms with Gasteiger partial charge in [-0.25, -0.2) is 4.98 Å². The maximum Gasteiger partial charge on any atom is 0.129 e. The molecular weight excluding hydrogens is 218 g/mol. The topological polar surface area (TPSA) is 43.8 Å². The van der Waals surface area contributed by atoms with Crippen LogP contribution in [0.25, 0.3) is 0 Å². The Hall–Kier alpha value is -0.480. The predicted molar refractivity (Wildman–Crippen MR) is 67.3 cm³/mol. The number of rotatable bonds is 1.